The van der Waals surface area contributed by atoms with E-state index in [2.05, 4.69) is 31.8 Å². The lowest BCUT2D eigenvalue weighted by Crippen LogP contribution is -2.58. The largest absolute Gasteiger partial charge is 0.383 e. The topological polar surface area (TPSA) is 171 Å². The highest BCUT2D eigenvalue weighted by Gasteiger charge is 2.33. The second-order valence-corrected chi connectivity index (χ2v) is 14.2. The van der Waals surface area contributed by atoms with Crippen LogP contribution in [0.3, 0.4) is 0 Å². The molecule has 1 aliphatic heterocycles. The maximum atomic E-state index is 16.0. The molecule has 16 heteroatoms. The predicted molar refractivity (Wildman–Crippen MR) is 189 cm³/mol. The quantitative estimate of drug-likeness (QED) is 0.186. The summed E-state index contributed by atoms with van der Waals surface area (Å²) in [6, 6.07) is 8.45. The van der Waals surface area contributed by atoms with Crippen LogP contribution >= 0.6 is 0 Å². The van der Waals surface area contributed by atoms with Crippen molar-refractivity contribution < 1.29 is 22.0 Å². The molecule has 0 bridgehead atoms. The van der Waals surface area contributed by atoms with Crippen LogP contribution < -0.4 is 21.0 Å². The third-order valence-electron chi connectivity index (χ3n) is 8.74. The molecule has 1 saturated heterocycles. The van der Waals surface area contributed by atoms with Gasteiger partial charge in [0.1, 0.15) is 23.0 Å². The van der Waals surface area contributed by atoms with E-state index in [0.717, 1.165) is 27.7 Å². The summed E-state index contributed by atoms with van der Waals surface area (Å²) in [4.78, 5) is 43.9. The van der Waals surface area contributed by atoms with Gasteiger partial charge in [0.15, 0.2) is 5.82 Å². The Morgan fingerprint density at radius 3 is 2.60 bits per heavy atom. The molecule has 1 amide bonds. The molecule has 2 atom stereocenters. The van der Waals surface area contributed by atoms with E-state index >= 15 is 8.78 Å². The summed E-state index contributed by atoms with van der Waals surface area (Å²) >= 11 is 0. The number of hydrogen-bond acceptors (Lipinski definition) is 9. The van der Waals surface area contributed by atoms with Crippen LogP contribution in [0.5, 0.6) is 0 Å². The van der Waals surface area contributed by atoms with E-state index in [1.807, 2.05) is 44.7 Å². The van der Waals surface area contributed by atoms with Gasteiger partial charge in [0.25, 0.3) is 10.2 Å². The summed E-state index contributed by atoms with van der Waals surface area (Å²) in [5, 5.41) is 8.73. The zero-order valence-corrected chi connectivity index (χ0v) is 29.2. The minimum Gasteiger partial charge on any atom is -0.383 e. The molecule has 0 aliphatic carbocycles. The van der Waals surface area contributed by atoms with Gasteiger partial charge < -0.3 is 15.1 Å². The Kier molecular flexibility index (Phi) is 10.9. The fourth-order valence-electron chi connectivity index (χ4n) is 6.09. The van der Waals surface area contributed by atoms with Gasteiger partial charge >= 0.3 is 5.69 Å². The first-order valence-corrected chi connectivity index (χ1v) is 17.7. The van der Waals surface area contributed by atoms with Crippen molar-refractivity contribution in [1.82, 2.24) is 29.1 Å². The number of fused-ring (bicyclic) bond motifs is 1. The molecule has 50 heavy (non-hydrogen) atoms. The number of halogens is 2. The molecule has 3 aromatic heterocycles. The van der Waals surface area contributed by atoms with Crippen molar-refractivity contribution in [3.8, 4) is 11.3 Å². The Morgan fingerprint density at radius 1 is 1.14 bits per heavy atom. The van der Waals surface area contributed by atoms with Crippen LogP contribution in [0.1, 0.15) is 44.9 Å². The molecular formula is C34H41F2N9O4S. The van der Waals surface area contributed by atoms with Crippen LogP contribution in [0.4, 0.5) is 20.3 Å². The predicted octanol–water partition coefficient (Wildman–Crippen LogP) is 3.55. The molecule has 13 nitrogen and oxygen atoms in total. The summed E-state index contributed by atoms with van der Waals surface area (Å²) in [5.41, 5.74) is 0.640. The van der Waals surface area contributed by atoms with Crippen molar-refractivity contribution in [2.24, 2.45) is 5.14 Å². The highest BCUT2D eigenvalue weighted by atomic mass is 32.2. The molecule has 0 spiro atoms. The number of benzene rings is 1. The Morgan fingerprint density at radius 2 is 1.90 bits per heavy atom. The summed E-state index contributed by atoms with van der Waals surface area (Å²) < 4.78 is 57.4. The van der Waals surface area contributed by atoms with Gasteiger partial charge in [-0.3, -0.25) is 14.8 Å². The van der Waals surface area contributed by atoms with E-state index < -0.39 is 27.5 Å². The first kappa shape index (κ1) is 36.5. The van der Waals surface area contributed by atoms with Crippen LogP contribution in [-0.4, -0.2) is 88.3 Å². The highest BCUT2D eigenvalue weighted by molar-refractivity contribution is 7.86. The Bertz CT molecular complexity index is 2080. The number of nitrogens with one attached hydrogen (secondary N) is 2. The summed E-state index contributed by atoms with van der Waals surface area (Å²) in [5.74, 6) is -1.48. The number of H-pyrrole nitrogens is 1. The third-order valence-corrected chi connectivity index (χ3v) is 9.82. The van der Waals surface area contributed by atoms with E-state index in [1.54, 1.807) is 11.1 Å². The second kappa shape index (κ2) is 15.0. The Labute approximate surface area is 289 Å². The molecular weight excluding hydrogens is 668 g/mol. The van der Waals surface area contributed by atoms with Crippen LogP contribution in [0.2, 0.25) is 0 Å². The number of aromatic nitrogens is 4. The highest BCUT2D eigenvalue weighted by Crippen LogP contribution is 2.35. The number of piperazine rings is 1. The van der Waals surface area contributed by atoms with Crippen molar-refractivity contribution in [1.29, 1.82) is 0 Å². The van der Waals surface area contributed by atoms with Gasteiger partial charge in [0.05, 0.1) is 10.9 Å². The molecule has 1 aromatic carbocycles. The fourth-order valence-corrected chi connectivity index (χ4v) is 6.79. The number of amides is 1. The minimum atomic E-state index is -4.09. The lowest BCUT2D eigenvalue weighted by molar-refractivity contribution is -0.128. The smallest absolute Gasteiger partial charge is 0.348 e. The van der Waals surface area contributed by atoms with E-state index in [-0.39, 0.29) is 77.3 Å². The van der Waals surface area contributed by atoms with Gasteiger partial charge in [0, 0.05) is 62.4 Å². The van der Waals surface area contributed by atoms with Gasteiger partial charge in [-0.05, 0) is 68.2 Å². The number of pyridine rings is 2. The molecule has 5 rings (SSSR count). The van der Waals surface area contributed by atoms with Crippen molar-refractivity contribution in [3.05, 3.63) is 88.6 Å². The lowest BCUT2D eigenvalue weighted by atomic mass is 10.1. The number of hydrogen-bond donors (Lipinski definition) is 3. The summed E-state index contributed by atoms with van der Waals surface area (Å²) in [6.45, 7) is 12.0. The van der Waals surface area contributed by atoms with Crippen molar-refractivity contribution in [2.75, 3.05) is 42.9 Å². The molecule has 0 saturated carbocycles. The molecule has 4 N–H and O–H groups in total. The zero-order chi connectivity index (χ0) is 36.3. The van der Waals surface area contributed by atoms with Crippen LogP contribution in [-0.2, 0) is 21.4 Å². The molecule has 0 unspecified atom stereocenters. The average Bonchev–Trinajstić information content (AvgIpc) is 3.06. The van der Waals surface area contributed by atoms with E-state index in [0.29, 0.717) is 19.5 Å². The number of nitrogens with two attached hydrogens (primary N) is 1. The van der Waals surface area contributed by atoms with E-state index in [1.165, 1.54) is 18.2 Å². The maximum absolute atomic E-state index is 16.0. The summed E-state index contributed by atoms with van der Waals surface area (Å²) in [6.07, 6.45) is 3.32. The molecule has 1 fully saturated rings. The molecule has 4 aromatic rings. The molecule has 266 valence electrons. The number of rotatable bonds is 12. The average molecular weight is 710 g/mol. The minimum absolute atomic E-state index is 0.00723. The lowest BCUT2D eigenvalue weighted by Gasteiger charge is -2.44. The van der Waals surface area contributed by atoms with Gasteiger partial charge in [0.2, 0.25) is 5.91 Å². The maximum Gasteiger partial charge on any atom is 0.348 e. The van der Waals surface area contributed by atoms with E-state index in [9.17, 15) is 18.0 Å². The first-order chi connectivity index (χ1) is 23.7. The van der Waals surface area contributed by atoms with Crippen LogP contribution in [0.15, 0.2) is 60.0 Å². The van der Waals surface area contributed by atoms with Crippen molar-refractivity contribution in [3.63, 3.8) is 0 Å². The normalized spacial score (nSPS) is 16.7. The zero-order valence-electron chi connectivity index (χ0n) is 28.4. The number of nitrogens with zero attached hydrogens (tertiary/aromatic N) is 6. The fraction of sp³-hybridized carbons (Fsp3) is 0.382. The standard InChI is InChI=1S/C34H41F2N9O4S/c1-6-29(46)44-18-22(5)45(19-21(44)4)33-24-17-26(36)31(40-32(24)41-34(47)42-33)30-25(35)8-7-9-27(30)39-13-15-43(50(37,48)49)14-11-23-10-12-38-28(16-23)20(2)3/h6-10,12,16-17,20-22,39H,1,11,13-15,18-19H2,2-5H3,(H2,37,48,49)(H,40,41,42,47)/t21-,22+/m1/s1. The van der Waals surface area contributed by atoms with E-state index in [4.69, 9.17) is 5.14 Å². The number of anilines is 2. The van der Waals surface area contributed by atoms with Gasteiger partial charge in [-0.2, -0.15) is 17.7 Å². The van der Waals surface area contributed by atoms with Gasteiger partial charge in [-0.25, -0.2) is 23.7 Å². The van der Waals surface area contributed by atoms with Crippen molar-refractivity contribution in [2.45, 2.75) is 52.1 Å². The summed E-state index contributed by atoms with van der Waals surface area (Å²) in [7, 11) is -4.09. The number of carbonyl (C=O) groups is 1. The monoisotopic (exact) mass is 709 g/mol. The van der Waals surface area contributed by atoms with Gasteiger partial charge in [-0.15, -0.1) is 0 Å². The number of aromatic amines is 1. The first-order valence-electron chi connectivity index (χ1n) is 16.2. The van der Waals surface area contributed by atoms with Gasteiger partial charge in [-0.1, -0.05) is 26.5 Å². The van der Waals surface area contributed by atoms with Crippen LogP contribution in [0.25, 0.3) is 22.3 Å². The number of carbonyl (C=O) groups excluding carboxylic acids is 1. The molecule has 4 heterocycles. The van der Waals surface area contributed by atoms with Crippen molar-refractivity contribution >= 4 is 38.7 Å². The molecule has 1 aliphatic rings. The second-order valence-electron chi connectivity index (χ2n) is 12.7. The van der Waals surface area contributed by atoms with Crippen LogP contribution in [0, 0.1) is 11.6 Å². The molecule has 0 radical (unpaired) electrons. The Balaban J connectivity index is 1.40. The SMILES string of the molecule is C=CC(=O)N1C[C@H](C)N(c2nc(=O)[nH]c3nc(-c4c(F)cccc4NCCN(CCc4ccnc(C(C)C)c4)S(N)(=O)=O)c(F)cc23)C[C@H]1C. The third kappa shape index (κ3) is 7.98. The Hall–Kier alpha value is -4.80.